The lowest BCUT2D eigenvalue weighted by molar-refractivity contribution is -0.135. The summed E-state index contributed by atoms with van der Waals surface area (Å²) >= 11 is 0. The van der Waals surface area contributed by atoms with E-state index >= 15 is 0 Å². The van der Waals surface area contributed by atoms with E-state index in [-0.39, 0.29) is 12.0 Å². The van der Waals surface area contributed by atoms with Crippen LogP contribution >= 0.6 is 0 Å². The zero-order chi connectivity index (χ0) is 15.9. The maximum Gasteiger partial charge on any atom is 0.249 e. The third-order valence-corrected chi connectivity index (χ3v) is 3.73. The SMILES string of the molecule is O=C(NCc1cccnc1Oc1ccccc1)[C@H]1CCCCO1. The Bertz CT molecular complexity index is 640. The van der Waals surface area contributed by atoms with Gasteiger partial charge in [-0.25, -0.2) is 4.98 Å². The molecule has 120 valence electrons. The molecule has 2 aromatic rings. The fourth-order valence-corrected chi connectivity index (χ4v) is 2.49. The molecule has 2 heterocycles. The van der Waals surface area contributed by atoms with E-state index in [1.807, 2.05) is 42.5 Å². The van der Waals surface area contributed by atoms with Crippen molar-refractivity contribution in [2.45, 2.75) is 31.9 Å². The fourth-order valence-electron chi connectivity index (χ4n) is 2.49. The molecule has 23 heavy (non-hydrogen) atoms. The van der Waals surface area contributed by atoms with Gasteiger partial charge >= 0.3 is 0 Å². The highest BCUT2D eigenvalue weighted by atomic mass is 16.5. The molecule has 1 aliphatic heterocycles. The van der Waals surface area contributed by atoms with Gasteiger partial charge in [-0.1, -0.05) is 24.3 Å². The van der Waals surface area contributed by atoms with Gasteiger partial charge in [0.1, 0.15) is 11.9 Å². The molecule has 5 nitrogen and oxygen atoms in total. The van der Waals surface area contributed by atoms with Gasteiger partial charge in [-0.3, -0.25) is 4.79 Å². The van der Waals surface area contributed by atoms with Crippen molar-refractivity contribution in [2.75, 3.05) is 6.61 Å². The minimum Gasteiger partial charge on any atom is -0.439 e. The first kappa shape index (κ1) is 15.5. The highest BCUT2D eigenvalue weighted by molar-refractivity contribution is 5.80. The molecule has 0 saturated carbocycles. The summed E-state index contributed by atoms with van der Waals surface area (Å²) in [5.74, 6) is 1.15. The summed E-state index contributed by atoms with van der Waals surface area (Å²) in [5.41, 5.74) is 0.834. The van der Waals surface area contributed by atoms with Crippen molar-refractivity contribution in [1.82, 2.24) is 10.3 Å². The molecule has 0 radical (unpaired) electrons. The van der Waals surface area contributed by atoms with Crippen LogP contribution in [0.1, 0.15) is 24.8 Å². The zero-order valence-corrected chi connectivity index (χ0v) is 12.9. The fraction of sp³-hybridized carbons (Fsp3) is 0.333. The second-order valence-electron chi connectivity index (χ2n) is 5.46. The Labute approximate surface area is 135 Å². The normalized spacial score (nSPS) is 17.5. The Hall–Kier alpha value is -2.40. The Kier molecular flexibility index (Phi) is 5.21. The first-order valence-corrected chi connectivity index (χ1v) is 7.89. The molecule has 1 fully saturated rings. The maximum absolute atomic E-state index is 12.1. The van der Waals surface area contributed by atoms with Gasteiger partial charge in [0.25, 0.3) is 0 Å². The van der Waals surface area contributed by atoms with E-state index in [9.17, 15) is 4.79 Å². The molecule has 1 N–H and O–H groups in total. The number of rotatable bonds is 5. The number of hydrogen-bond donors (Lipinski definition) is 1. The van der Waals surface area contributed by atoms with E-state index in [4.69, 9.17) is 9.47 Å². The third kappa shape index (κ3) is 4.29. The molecule has 1 amide bonds. The molecular weight excluding hydrogens is 292 g/mol. The van der Waals surface area contributed by atoms with Gasteiger partial charge in [-0.15, -0.1) is 0 Å². The number of aromatic nitrogens is 1. The van der Waals surface area contributed by atoms with Crippen LogP contribution in [-0.2, 0) is 16.1 Å². The number of nitrogens with one attached hydrogen (secondary N) is 1. The van der Waals surface area contributed by atoms with Gasteiger partial charge in [0.2, 0.25) is 11.8 Å². The summed E-state index contributed by atoms with van der Waals surface area (Å²) in [7, 11) is 0. The lowest BCUT2D eigenvalue weighted by Gasteiger charge is -2.21. The van der Waals surface area contributed by atoms with Gasteiger partial charge in [0, 0.05) is 24.9 Å². The van der Waals surface area contributed by atoms with Gasteiger partial charge in [-0.05, 0) is 37.5 Å². The Morgan fingerprint density at radius 1 is 1.22 bits per heavy atom. The monoisotopic (exact) mass is 312 g/mol. The average molecular weight is 312 g/mol. The Morgan fingerprint density at radius 2 is 2.09 bits per heavy atom. The highest BCUT2D eigenvalue weighted by Gasteiger charge is 2.21. The second kappa shape index (κ2) is 7.74. The number of carbonyl (C=O) groups is 1. The van der Waals surface area contributed by atoms with Crippen LogP contribution in [0, 0.1) is 0 Å². The number of ether oxygens (including phenoxy) is 2. The number of nitrogens with zero attached hydrogens (tertiary/aromatic N) is 1. The molecule has 0 unspecified atom stereocenters. The van der Waals surface area contributed by atoms with Crippen LogP contribution in [0.3, 0.4) is 0 Å². The van der Waals surface area contributed by atoms with E-state index in [1.54, 1.807) is 6.20 Å². The summed E-state index contributed by atoms with van der Waals surface area (Å²) in [5, 5.41) is 2.91. The summed E-state index contributed by atoms with van der Waals surface area (Å²) in [6, 6.07) is 13.2. The van der Waals surface area contributed by atoms with E-state index in [1.165, 1.54) is 0 Å². The predicted molar refractivity (Wildman–Crippen MR) is 86.2 cm³/mol. The molecule has 1 aromatic heterocycles. The number of carbonyl (C=O) groups excluding carboxylic acids is 1. The number of hydrogen-bond acceptors (Lipinski definition) is 4. The summed E-state index contributed by atoms with van der Waals surface area (Å²) in [6.45, 7) is 1.03. The van der Waals surface area contributed by atoms with E-state index < -0.39 is 0 Å². The molecule has 3 rings (SSSR count). The quantitative estimate of drug-likeness (QED) is 0.922. The van der Waals surface area contributed by atoms with Gasteiger partial charge in [-0.2, -0.15) is 0 Å². The number of para-hydroxylation sites is 1. The molecule has 1 saturated heterocycles. The van der Waals surface area contributed by atoms with Crippen molar-refractivity contribution in [2.24, 2.45) is 0 Å². The van der Waals surface area contributed by atoms with Gasteiger partial charge in [0.15, 0.2) is 0 Å². The van der Waals surface area contributed by atoms with E-state index in [2.05, 4.69) is 10.3 Å². The van der Waals surface area contributed by atoms with Crippen LogP contribution in [0.15, 0.2) is 48.7 Å². The highest BCUT2D eigenvalue weighted by Crippen LogP contribution is 2.22. The minimum atomic E-state index is -0.334. The topological polar surface area (TPSA) is 60.5 Å². The molecule has 1 aromatic carbocycles. The Morgan fingerprint density at radius 3 is 2.87 bits per heavy atom. The van der Waals surface area contributed by atoms with Crippen molar-refractivity contribution in [3.8, 4) is 11.6 Å². The first-order valence-electron chi connectivity index (χ1n) is 7.89. The molecule has 0 spiro atoms. The van der Waals surface area contributed by atoms with Crippen molar-refractivity contribution < 1.29 is 14.3 Å². The number of benzene rings is 1. The average Bonchev–Trinajstić information content (AvgIpc) is 2.62. The lowest BCUT2D eigenvalue weighted by atomic mass is 10.1. The van der Waals surface area contributed by atoms with Gasteiger partial charge < -0.3 is 14.8 Å². The van der Waals surface area contributed by atoms with Crippen molar-refractivity contribution in [3.63, 3.8) is 0 Å². The van der Waals surface area contributed by atoms with E-state index in [0.29, 0.717) is 19.0 Å². The van der Waals surface area contributed by atoms with Crippen LogP contribution in [0.25, 0.3) is 0 Å². The number of pyridine rings is 1. The summed E-state index contributed by atoms with van der Waals surface area (Å²) in [4.78, 5) is 16.4. The lowest BCUT2D eigenvalue weighted by Crippen LogP contribution is -2.38. The van der Waals surface area contributed by atoms with Crippen molar-refractivity contribution in [3.05, 3.63) is 54.2 Å². The standard InChI is InChI=1S/C18H20N2O3/c21-17(16-10-4-5-12-22-16)20-13-14-7-6-11-19-18(14)23-15-8-2-1-3-9-15/h1-3,6-9,11,16H,4-5,10,12-13H2,(H,20,21)/t16-/m1/s1. The number of amides is 1. The second-order valence-corrected chi connectivity index (χ2v) is 5.46. The zero-order valence-electron chi connectivity index (χ0n) is 12.9. The summed E-state index contributed by atoms with van der Waals surface area (Å²) in [6.07, 6.45) is 4.19. The predicted octanol–water partition coefficient (Wildman–Crippen LogP) is 3.06. The molecular formula is C18H20N2O3. The molecule has 0 bridgehead atoms. The largest absolute Gasteiger partial charge is 0.439 e. The first-order chi connectivity index (χ1) is 11.3. The van der Waals surface area contributed by atoms with Gasteiger partial charge in [0.05, 0.1) is 0 Å². The van der Waals surface area contributed by atoms with Crippen molar-refractivity contribution >= 4 is 5.91 Å². The van der Waals surface area contributed by atoms with Crippen LogP contribution in [-0.4, -0.2) is 23.6 Å². The Balaban J connectivity index is 1.62. The summed E-state index contributed by atoms with van der Waals surface area (Å²) < 4.78 is 11.3. The molecule has 0 aliphatic carbocycles. The molecule has 1 aliphatic rings. The van der Waals surface area contributed by atoms with E-state index in [0.717, 1.165) is 30.6 Å². The third-order valence-electron chi connectivity index (χ3n) is 3.73. The van der Waals surface area contributed by atoms with Crippen LogP contribution in [0.5, 0.6) is 11.6 Å². The smallest absolute Gasteiger partial charge is 0.249 e. The maximum atomic E-state index is 12.1. The van der Waals surface area contributed by atoms with Crippen molar-refractivity contribution in [1.29, 1.82) is 0 Å². The van der Waals surface area contributed by atoms with Crippen LogP contribution in [0.4, 0.5) is 0 Å². The van der Waals surface area contributed by atoms with Crippen LogP contribution < -0.4 is 10.1 Å². The molecule has 1 atom stereocenters. The van der Waals surface area contributed by atoms with Crippen LogP contribution in [0.2, 0.25) is 0 Å². The molecule has 5 heteroatoms. The minimum absolute atomic E-state index is 0.0702.